The molecule has 30 heavy (non-hydrogen) atoms. The van der Waals surface area contributed by atoms with E-state index < -0.39 is 6.10 Å². The SMILES string of the molecule is COc1ccccc1N1CCN(CC(c2ccccn2)C(O)c2ccccc2)CC1. The molecular weight excluding hydrogens is 374 g/mol. The summed E-state index contributed by atoms with van der Waals surface area (Å²) >= 11 is 0. The number of ether oxygens (including phenoxy) is 1. The van der Waals surface area contributed by atoms with Crippen LogP contribution >= 0.6 is 0 Å². The fraction of sp³-hybridized carbons (Fsp3) is 0.320. The standard InChI is InChI=1S/C25H29N3O2/c1-30-24-13-6-5-12-23(24)28-17-15-27(16-18-28)19-21(22-11-7-8-14-26-22)25(29)20-9-3-2-4-10-20/h2-14,21,25,29H,15-19H2,1H3. The smallest absolute Gasteiger partial charge is 0.142 e. The maximum absolute atomic E-state index is 11.2. The summed E-state index contributed by atoms with van der Waals surface area (Å²) in [6, 6.07) is 24.0. The predicted octanol–water partition coefficient (Wildman–Crippen LogP) is 3.73. The number of anilines is 1. The second kappa shape index (κ2) is 9.74. The van der Waals surface area contributed by atoms with Gasteiger partial charge in [0.2, 0.25) is 0 Å². The van der Waals surface area contributed by atoms with Gasteiger partial charge in [0, 0.05) is 50.5 Å². The van der Waals surface area contributed by atoms with Gasteiger partial charge in [-0.25, -0.2) is 0 Å². The molecular formula is C25H29N3O2. The number of piperazine rings is 1. The topological polar surface area (TPSA) is 48.8 Å². The largest absolute Gasteiger partial charge is 0.495 e. The summed E-state index contributed by atoms with van der Waals surface area (Å²) in [6.45, 7) is 4.49. The Hall–Kier alpha value is -2.89. The first-order valence-corrected chi connectivity index (χ1v) is 10.5. The predicted molar refractivity (Wildman–Crippen MR) is 120 cm³/mol. The molecule has 156 valence electrons. The molecule has 2 atom stereocenters. The van der Waals surface area contributed by atoms with Crippen molar-refractivity contribution in [2.75, 3.05) is 44.7 Å². The van der Waals surface area contributed by atoms with Crippen molar-refractivity contribution >= 4 is 5.69 Å². The molecule has 5 nitrogen and oxygen atoms in total. The van der Waals surface area contributed by atoms with Crippen LogP contribution < -0.4 is 9.64 Å². The van der Waals surface area contributed by atoms with Crippen molar-refractivity contribution in [3.63, 3.8) is 0 Å². The Kier molecular flexibility index (Phi) is 6.62. The van der Waals surface area contributed by atoms with E-state index in [9.17, 15) is 5.11 Å². The number of aliphatic hydroxyl groups excluding tert-OH is 1. The zero-order valence-corrected chi connectivity index (χ0v) is 17.4. The van der Waals surface area contributed by atoms with Crippen molar-refractivity contribution in [1.82, 2.24) is 9.88 Å². The van der Waals surface area contributed by atoms with E-state index in [0.29, 0.717) is 0 Å². The molecule has 3 aromatic rings. The number of aliphatic hydroxyl groups is 1. The molecule has 1 N–H and O–H groups in total. The van der Waals surface area contributed by atoms with E-state index in [1.54, 1.807) is 13.3 Å². The van der Waals surface area contributed by atoms with Crippen molar-refractivity contribution in [2.45, 2.75) is 12.0 Å². The molecule has 0 amide bonds. The van der Waals surface area contributed by atoms with Gasteiger partial charge in [0.15, 0.2) is 0 Å². The van der Waals surface area contributed by atoms with Crippen LogP contribution in [0.3, 0.4) is 0 Å². The number of benzene rings is 2. The minimum Gasteiger partial charge on any atom is -0.495 e. The molecule has 5 heteroatoms. The zero-order chi connectivity index (χ0) is 20.8. The molecule has 1 aromatic heterocycles. The third-order valence-corrected chi connectivity index (χ3v) is 5.84. The molecule has 2 unspecified atom stereocenters. The highest BCUT2D eigenvalue weighted by molar-refractivity contribution is 5.58. The third-order valence-electron chi connectivity index (χ3n) is 5.84. The molecule has 0 bridgehead atoms. The van der Waals surface area contributed by atoms with Crippen LogP contribution in [0.15, 0.2) is 79.0 Å². The Morgan fingerprint density at radius 1 is 0.900 bits per heavy atom. The molecule has 0 saturated carbocycles. The van der Waals surface area contributed by atoms with Crippen molar-refractivity contribution < 1.29 is 9.84 Å². The minimum absolute atomic E-state index is 0.0774. The van der Waals surface area contributed by atoms with Crippen LogP contribution in [0.25, 0.3) is 0 Å². The number of nitrogens with zero attached hydrogens (tertiary/aromatic N) is 3. The van der Waals surface area contributed by atoms with E-state index >= 15 is 0 Å². The first-order valence-electron chi connectivity index (χ1n) is 10.5. The Morgan fingerprint density at radius 2 is 1.60 bits per heavy atom. The van der Waals surface area contributed by atoms with E-state index in [0.717, 1.165) is 55.4 Å². The van der Waals surface area contributed by atoms with Gasteiger partial charge < -0.3 is 14.7 Å². The second-order valence-corrected chi connectivity index (χ2v) is 7.68. The lowest BCUT2D eigenvalue weighted by Gasteiger charge is -2.38. The lowest BCUT2D eigenvalue weighted by atomic mass is 9.91. The quantitative estimate of drug-likeness (QED) is 0.651. The van der Waals surface area contributed by atoms with Crippen LogP contribution in [0.2, 0.25) is 0 Å². The van der Waals surface area contributed by atoms with Gasteiger partial charge in [0.05, 0.1) is 18.9 Å². The maximum atomic E-state index is 11.2. The third kappa shape index (κ3) is 4.64. The zero-order valence-electron chi connectivity index (χ0n) is 17.4. The van der Waals surface area contributed by atoms with E-state index in [1.165, 1.54) is 0 Å². The monoisotopic (exact) mass is 403 g/mol. The average Bonchev–Trinajstić information content (AvgIpc) is 2.83. The van der Waals surface area contributed by atoms with Crippen LogP contribution in [-0.4, -0.2) is 54.8 Å². The molecule has 0 radical (unpaired) electrons. The van der Waals surface area contributed by atoms with Gasteiger partial charge in [0.25, 0.3) is 0 Å². The molecule has 1 fully saturated rings. The highest BCUT2D eigenvalue weighted by atomic mass is 16.5. The fourth-order valence-corrected chi connectivity index (χ4v) is 4.17. The van der Waals surface area contributed by atoms with E-state index in [1.807, 2.05) is 60.7 Å². The summed E-state index contributed by atoms with van der Waals surface area (Å²) < 4.78 is 5.53. The lowest BCUT2D eigenvalue weighted by Crippen LogP contribution is -2.48. The first kappa shape index (κ1) is 20.4. The molecule has 1 aliphatic rings. The molecule has 2 aromatic carbocycles. The molecule has 2 heterocycles. The fourth-order valence-electron chi connectivity index (χ4n) is 4.17. The summed E-state index contributed by atoms with van der Waals surface area (Å²) in [7, 11) is 1.72. The molecule has 0 aliphatic carbocycles. The second-order valence-electron chi connectivity index (χ2n) is 7.68. The van der Waals surface area contributed by atoms with Crippen LogP contribution in [0.1, 0.15) is 23.3 Å². The summed E-state index contributed by atoms with van der Waals surface area (Å²) in [5.74, 6) is 0.836. The summed E-state index contributed by atoms with van der Waals surface area (Å²) in [5, 5.41) is 11.2. The van der Waals surface area contributed by atoms with Gasteiger partial charge in [-0.15, -0.1) is 0 Å². The Morgan fingerprint density at radius 3 is 2.30 bits per heavy atom. The Balaban J connectivity index is 1.47. The Labute approximate surface area is 178 Å². The van der Waals surface area contributed by atoms with Gasteiger partial charge in [-0.3, -0.25) is 9.88 Å². The van der Waals surface area contributed by atoms with E-state index in [4.69, 9.17) is 4.74 Å². The van der Waals surface area contributed by atoms with Crippen molar-refractivity contribution in [3.05, 3.63) is 90.3 Å². The van der Waals surface area contributed by atoms with Crippen molar-refractivity contribution in [3.8, 4) is 5.75 Å². The maximum Gasteiger partial charge on any atom is 0.142 e. The van der Waals surface area contributed by atoms with Crippen LogP contribution in [0.4, 0.5) is 5.69 Å². The van der Waals surface area contributed by atoms with E-state index in [-0.39, 0.29) is 5.92 Å². The number of hydrogen-bond acceptors (Lipinski definition) is 5. The van der Waals surface area contributed by atoms with Crippen molar-refractivity contribution in [1.29, 1.82) is 0 Å². The normalized spacial score (nSPS) is 16.8. The lowest BCUT2D eigenvalue weighted by molar-refractivity contribution is 0.112. The van der Waals surface area contributed by atoms with Gasteiger partial charge in [-0.2, -0.15) is 0 Å². The van der Waals surface area contributed by atoms with Crippen LogP contribution in [-0.2, 0) is 0 Å². The molecule has 4 rings (SSSR count). The van der Waals surface area contributed by atoms with Gasteiger partial charge >= 0.3 is 0 Å². The number of pyridine rings is 1. The number of methoxy groups -OCH3 is 1. The summed E-state index contributed by atoms with van der Waals surface area (Å²) in [4.78, 5) is 9.36. The highest BCUT2D eigenvalue weighted by Gasteiger charge is 2.28. The van der Waals surface area contributed by atoms with Crippen molar-refractivity contribution in [2.24, 2.45) is 0 Å². The number of aromatic nitrogens is 1. The van der Waals surface area contributed by atoms with Crippen LogP contribution in [0, 0.1) is 0 Å². The first-order chi connectivity index (χ1) is 14.8. The van der Waals surface area contributed by atoms with E-state index in [2.05, 4.69) is 26.9 Å². The average molecular weight is 404 g/mol. The van der Waals surface area contributed by atoms with Gasteiger partial charge in [-0.1, -0.05) is 48.5 Å². The summed E-state index contributed by atoms with van der Waals surface area (Å²) in [5.41, 5.74) is 3.01. The van der Waals surface area contributed by atoms with Gasteiger partial charge in [-0.05, 0) is 29.8 Å². The number of hydrogen-bond donors (Lipinski definition) is 1. The van der Waals surface area contributed by atoms with Gasteiger partial charge in [0.1, 0.15) is 5.75 Å². The molecule has 1 aliphatic heterocycles. The highest BCUT2D eigenvalue weighted by Crippen LogP contribution is 2.32. The Bertz CT molecular complexity index is 912. The summed E-state index contributed by atoms with van der Waals surface area (Å²) in [6.07, 6.45) is 1.22. The number of rotatable bonds is 7. The minimum atomic E-state index is -0.589. The molecule has 1 saturated heterocycles. The van der Waals surface area contributed by atoms with Crippen LogP contribution in [0.5, 0.6) is 5.75 Å². The molecule has 0 spiro atoms. The number of para-hydroxylation sites is 2.